The van der Waals surface area contributed by atoms with E-state index >= 15 is 0 Å². The monoisotopic (exact) mass is 184 g/mol. The molecule has 0 spiro atoms. The van der Waals surface area contributed by atoms with Gasteiger partial charge < -0.3 is 10.1 Å². The van der Waals surface area contributed by atoms with Crippen molar-refractivity contribution < 1.29 is 9.53 Å². The first-order valence-electron chi connectivity index (χ1n) is 3.91. The molecule has 6 heteroatoms. The van der Waals surface area contributed by atoms with Crippen molar-refractivity contribution >= 4 is 6.09 Å². The maximum Gasteiger partial charge on any atom is 0.406 e. The van der Waals surface area contributed by atoms with Crippen LogP contribution >= 0.6 is 0 Å². The predicted molar refractivity (Wildman–Crippen MR) is 45.2 cm³/mol. The van der Waals surface area contributed by atoms with E-state index in [9.17, 15) is 4.79 Å². The Kier molecular flexibility index (Phi) is 3.24. The molecule has 13 heavy (non-hydrogen) atoms. The summed E-state index contributed by atoms with van der Waals surface area (Å²) in [6.45, 7) is 2.40. The molecule has 1 aromatic rings. The zero-order chi connectivity index (χ0) is 9.68. The Hall–Kier alpha value is -1.59. The fourth-order valence-corrected chi connectivity index (χ4v) is 0.858. The van der Waals surface area contributed by atoms with Crippen LogP contribution in [0.5, 0.6) is 0 Å². The van der Waals surface area contributed by atoms with Crippen molar-refractivity contribution in [3.63, 3.8) is 0 Å². The van der Waals surface area contributed by atoms with Crippen LogP contribution in [0.1, 0.15) is 18.7 Å². The zero-order valence-corrected chi connectivity index (χ0v) is 7.57. The predicted octanol–water partition coefficient (Wildman–Crippen LogP) is 0.264. The number of rotatable bonds is 3. The summed E-state index contributed by atoms with van der Waals surface area (Å²) in [6, 6.07) is 0. The van der Waals surface area contributed by atoms with E-state index in [1.165, 1.54) is 13.4 Å². The lowest BCUT2D eigenvalue weighted by atomic mass is 10.2. The summed E-state index contributed by atoms with van der Waals surface area (Å²) in [5.74, 6) is 0.845. The van der Waals surface area contributed by atoms with Gasteiger partial charge in [0.2, 0.25) is 0 Å². The van der Waals surface area contributed by atoms with Crippen LogP contribution < -0.4 is 5.32 Å². The summed E-state index contributed by atoms with van der Waals surface area (Å²) < 4.78 is 4.42. The molecule has 2 N–H and O–H groups in total. The normalized spacial score (nSPS) is 12.2. The molecule has 6 nitrogen and oxygen atoms in total. The van der Waals surface area contributed by atoms with E-state index in [-0.39, 0.29) is 5.92 Å². The van der Waals surface area contributed by atoms with Gasteiger partial charge in [0.05, 0.1) is 7.11 Å². The van der Waals surface area contributed by atoms with E-state index in [2.05, 4.69) is 25.2 Å². The highest BCUT2D eigenvalue weighted by Gasteiger charge is 2.09. The summed E-state index contributed by atoms with van der Waals surface area (Å²) >= 11 is 0. The lowest BCUT2D eigenvalue weighted by Crippen LogP contribution is -2.27. The molecule has 1 atom stereocenters. The quantitative estimate of drug-likeness (QED) is 0.706. The van der Waals surface area contributed by atoms with Crippen LogP contribution in [0.3, 0.4) is 0 Å². The molecule has 72 valence electrons. The van der Waals surface area contributed by atoms with Crippen LogP contribution in [-0.4, -0.2) is 34.9 Å². The van der Waals surface area contributed by atoms with Gasteiger partial charge in [0.15, 0.2) is 0 Å². The summed E-state index contributed by atoms with van der Waals surface area (Å²) in [5, 5.41) is 9.01. The van der Waals surface area contributed by atoms with Crippen LogP contribution in [0.25, 0.3) is 0 Å². The molecule has 0 aliphatic heterocycles. The molecule has 0 aliphatic rings. The van der Waals surface area contributed by atoms with Crippen molar-refractivity contribution in [1.82, 2.24) is 20.5 Å². The van der Waals surface area contributed by atoms with E-state index in [4.69, 9.17) is 0 Å². The van der Waals surface area contributed by atoms with Gasteiger partial charge in [-0.2, -0.15) is 5.10 Å². The first-order chi connectivity index (χ1) is 6.24. The van der Waals surface area contributed by atoms with E-state index in [0.717, 1.165) is 5.82 Å². The molecule has 0 bridgehead atoms. The highest BCUT2D eigenvalue weighted by Crippen LogP contribution is 2.05. The number of H-pyrrole nitrogens is 1. The lowest BCUT2D eigenvalue weighted by Gasteiger charge is -2.08. The standard InChI is InChI=1S/C7H12N4O2/c1-5(3-8-7(12)13-2)6-9-4-10-11-6/h4-5H,3H2,1-2H3,(H,8,12)(H,9,10,11). The van der Waals surface area contributed by atoms with Crippen molar-refractivity contribution in [2.24, 2.45) is 0 Å². The molecule has 1 unspecified atom stereocenters. The number of hydrogen-bond acceptors (Lipinski definition) is 4. The van der Waals surface area contributed by atoms with Crippen molar-refractivity contribution in [2.45, 2.75) is 12.8 Å². The van der Waals surface area contributed by atoms with Crippen LogP contribution in [0.15, 0.2) is 6.33 Å². The second-order valence-corrected chi connectivity index (χ2v) is 2.64. The first-order valence-corrected chi connectivity index (χ1v) is 3.91. The molecule has 0 fully saturated rings. The van der Waals surface area contributed by atoms with Gasteiger partial charge in [0.1, 0.15) is 12.2 Å². The number of carbonyl (C=O) groups excluding carboxylic acids is 1. The van der Waals surface area contributed by atoms with Crippen LogP contribution in [0.2, 0.25) is 0 Å². The fraction of sp³-hybridized carbons (Fsp3) is 0.571. The maximum atomic E-state index is 10.7. The van der Waals surface area contributed by atoms with Gasteiger partial charge >= 0.3 is 6.09 Å². The zero-order valence-electron chi connectivity index (χ0n) is 7.57. The Balaban J connectivity index is 2.34. The molecule has 1 heterocycles. The average molecular weight is 184 g/mol. The number of aromatic amines is 1. The number of alkyl carbamates (subject to hydrolysis) is 1. The van der Waals surface area contributed by atoms with Crippen LogP contribution in [-0.2, 0) is 4.74 Å². The second-order valence-electron chi connectivity index (χ2n) is 2.64. The molecule has 0 aliphatic carbocycles. The highest BCUT2D eigenvalue weighted by atomic mass is 16.5. The number of hydrogen-bond donors (Lipinski definition) is 2. The maximum absolute atomic E-state index is 10.7. The van der Waals surface area contributed by atoms with Crippen molar-refractivity contribution in [3.8, 4) is 0 Å². The van der Waals surface area contributed by atoms with E-state index in [0.29, 0.717) is 6.54 Å². The second kappa shape index (κ2) is 4.44. The van der Waals surface area contributed by atoms with E-state index < -0.39 is 6.09 Å². The highest BCUT2D eigenvalue weighted by molar-refractivity contribution is 5.66. The largest absolute Gasteiger partial charge is 0.453 e. The van der Waals surface area contributed by atoms with Gasteiger partial charge in [-0.05, 0) is 0 Å². The number of nitrogens with zero attached hydrogens (tertiary/aromatic N) is 2. The first kappa shape index (κ1) is 9.50. The average Bonchev–Trinajstić information content (AvgIpc) is 2.66. The van der Waals surface area contributed by atoms with E-state index in [1.54, 1.807) is 0 Å². The molecule has 1 aromatic heterocycles. The topological polar surface area (TPSA) is 79.9 Å². The number of nitrogens with one attached hydrogen (secondary N) is 2. The molecule has 0 aromatic carbocycles. The summed E-state index contributed by atoms with van der Waals surface area (Å²) in [4.78, 5) is 14.7. The minimum atomic E-state index is -0.439. The Morgan fingerprint density at radius 3 is 3.15 bits per heavy atom. The molecular formula is C7H12N4O2. The Morgan fingerprint density at radius 2 is 2.62 bits per heavy atom. The SMILES string of the molecule is COC(=O)NCC(C)c1ncn[nH]1. The third kappa shape index (κ3) is 2.73. The molecule has 1 amide bonds. The summed E-state index contributed by atoms with van der Waals surface area (Å²) in [5.41, 5.74) is 0. The number of aromatic nitrogens is 3. The molecule has 0 saturated carbocycles. The minimum absolute atomic E-state index is 0.0987. The Bertz CT molecular complexity index is 259. The van der Waals surface area contributed by atoms with Crippen LogP contribution in [0, 0.1) is 0 Å². The van der Waals surface area contributed by atoms with Crippen LogP contribution in [0.4, 0.5) is 4.79 Å². The van der Waals surface area contributed by atoms with Crippen molar-refractivity contribution in [2.75, 3.05) is 13.7 Å². The van der Waals surface area contributed by atoms with Gasteiger partial charge in [-0.15, -0.1) is 0 Å². The van der Waals surface area contributed by atoms with Gasteiger partial charge in [-0.1, -0.05) is 6.92 Å². The van der Waals surface area contributed by atoms with Gasteiger partial charge in [0.25, 0.3) is 0 Å². The van der Waals surface area contributed by atoms with Crippen molar-refractivity contribution in [1.29, 1.82) is 0 Å². The van der Waals surface area contributed by atoms with Gasteiger partial charge in [-0.3, -0.25) is 5.10 Å². The number of carbonyl (C=O) groups is 1. The smallest absolute Gasteiger partial charge is 0.406 e. The Labute approximate surface area is 75.7 Å². The number of methoxy groups -OCH3 is 1. The Morgan fingerprint density at radius 1 is 1.85 bits per heavy atom. The molecule has 0 saturated heterocycles. The lowest BCUT2D eigenvalue weighted by molar-refractivity contribution is 0.170. The van der Waals surface area contributed by atoms with Crippen molar-refractivity contribution in [3.05, 3.63) is 12.2 Å². The summed E-state index contributed by atoms with van der Waals surface area (Å²) in [7, 11) is 1.33. The number of amides is 1. The third-order valence-corrected chi connectivity index (χ3v) is 1.64. The molecule has 1 rings (SSSR count). The third-order valence-electron chi connectivity index (χ3n) is 1.64. The molecule has 0 radical (unpaired) electrons. The van der Waals surface area contributed by atoms with Gasteiger partial charge in [-0.25, -0.2) is 9.78 Å². The fourth-order valence-electron chi connectivity index (χ4n) is 0.858. The number of ether oxygens (including phenoxy) is 1. The summed E-state index contributed by atoms with van der Waals surface area (Å²) in [6.07, 6.45) is 0.996. The minimum Gasteiger partial charge on any atom is -0.453 e. The van der Waals surface area contributed by atoms with E-state index in [1.807, 2.05) is 6.92 Å². The van der Waals surface area contributed by atoms with Gasteiger partial charge in [0, 0.05) is 12.5 Å². The molecular weight excluding hydrogens is 172 g/mol.